The molecule has 2 atom stereocenters. The van der Waals surface area contributed by atoms with Gasteiger partial charge in [-0.1, -0.05) is 6.42 Å². The van der Waals surface area contributed by atoms with Gasteiger partial charge in [0.2, 0.25) is 0 Å². The van der Waals surface area contributed by atoms with Gasteiger partial charge in [0.25, 0.3) is 0 Å². The summed E-state index contributed by atoms with van der Waals surface area (Å²) in [5.41, 5.74) is 0. The van der Waals surface area contributed by atoms with Crippen molar-refractivity contribution in [2.45, 2.75) is 25.7 Å². The number of hydrogen-bond donors (Lipinski definition) is 0. The van der Waals surface area contributed by atoms with E-state index in [4.69, 9.17) is 0 Å². The zero-order valence-corrected chi connectivity index (χ0v) is 4.48. The molecule has 2 radical (unpaired) electrons. The summed E-state index contributed by atoms with van der Waals surface area (Å²) in [4.78, 5) is 0. The Kier molecular flexibility index (Phi) is 0.697. The van der Waals surface area contributed by atoms with E-state index in [1.807, 2.05) is 0 Å². The first-order valence-electron chi connectivity index (χ1n) is 3.21. The summed E-state index contributed by atoms with van der Waals surface area (Å²) in [6, 6.07) is 0. The highest BCUT2D eigenvalue weighted by Crippen LogP contribution is 2.44. The molecule has 0 nitrogen and oxygen atoms in total. The van der Waals surface area contributed by atoms with E-state index in [9.17, 15) is 0 Å². The van der Waals surface area contributed by atoms with Crippen molar-refractivity contribution in [2.75, 3.05) is 0 Å². The molecule has 3 aliphatic carbocycles. The van der Waals surface area contributed by atoms with E-state index >= 15 is 0 Å². The number of fused-ring (bicyclic) bond motifs is 2. The van der Waals surface area contributed by atoms with Crippen LogP contribution in [0.1, 0.15) is 25.7 Å². The Morgan fingerprint density at radius 3 is 1.86 bits per heavy atom. The fourth-order valence-corrected chi connectivity index (χ4v) is 1.67. The maximum atomic E-state index is 3.48. The minimum absolute atomic E-state index is 0.929. The van der Waals surface area contributed by atoms with E-state index in [1.54, 1.807) is 0 Å². The van der Waals surface area contributed by atoms with Crippen molar-refractivity contribution >= 4 is 0 Å². The number of hydrogen-bond acceptors (Lipinski definition) is 0. The second kappa shape index (κ2) is 1.24. The molecule has 0 aliphatic heterocycles. The summed E-state index contributed by atoms with van der Waals surface area (Å²) in [7, 11) is 0. The molecule has 0 aromatic heterocycles. The van der Waals surface area contributed by atoms with E-state index in [1.165, 1.54) is 25.7 Å². The highest BCUT2D eigenvalue weighted by atomic mass is 14.4. The maximum Gasteiger partial charge on any atom is -0.0106 e. The minimum atomic E-state index is 0.929. The van der Waals surface area contributed by atoms with Gasteiger partial charge in [0, 0.05) is 0 Å². The minimum Gasteiger partial charge on any atom is -0.0527 e. The Balaban J connectivity index is 1.99. The van der Waals surface area contributed by atoms with Crippen LogP contribution in [0.4, 0.5) is 0 Å². The van der Waals surface area contributed by atoms with Gasteiger partial charge in [-0.15, -0.1) is 0 Å². The Bertz CT molecular complexity index is 56.6. The highest BCUT2D eigenvalue weighted by molar-refractivity contribution is 4.99. The molecule has 2 unspecified atom stereocenters. The Morgan fingerprint density at radius 2 is 1.71 bits per heavy atom. The Labute approximate surface area is 44.9 Å². The van der Waals surface area contributed by atoms with Crippen molar-refractivity contribution in [2.24, 2.45) is 11.8 Å². The van der Waals surface area contributed by atoms with Crippen LogP contribution >= 0.6 is 0 Å². The molecular formula is C7H10. The van der Waals surface area contributed by atoms with Crippen LogP contribution in [0.5, 0.6) is 0 Å². The third-order valence-electron chi connectivity index (χ3n) is 2.15. The van der Waals surface area contributed by atoms with Crippen LogP contribution in [0.2, 0.25) is 0 Å². The van der Waals surface area contributed by atoms with Crippen LogP contribution in [0.15, 0.2) is 0 Å². The molecule has 38 valence electrons. The van der Waals surface area contributed by atoms with Crippen molar-refractivity contribution in [3.63, 3.8) is 0 Å². The van der Waals surface area contributed by atoms with E-state index in [-0.39, 0.29) is 0 Å². The van der Waals surface area contributed by atoms with Crippen LogP contribution in [0, 0.1) is 18.3 Å². The molecule has 0 amide bonds. The first-order valence-corrected chi connectivity index (χ1v) is 3.21. The lowest BCUT2D eigenvalue weighted by atomic mass is 9.65. The molecule has 0 saturated heterocycles. The zero-order valence-electron chi connectivity index (χ0n) is 4.48. The average molecular weight is 94.2 g/mol. The largest absolute Gasteiger partial charge is 0.0527 e. The van der Waals surface area contributed by atoms with E-state index in [0.717, 1.165) is 11.8 Å². The molecule has 3 rings (SSSR count). The summed E-state index contributed by atoms with van der Waals surface area (Å²) in [6.45, 7) is 0. The lowest BCUT2D eigenvalue weighted by molar-refractivity contribution is 0.206. The predicted molar refractivity (Wildman–Crippen MR) is 28.7 cm³/mol. The highest BCUT2D eigenvalue weighted by Gasteiger charge is 2.33. The monoisotopic (exact) mass is 94.1 g/mol. The molecule has 3 fully saturated rings. The van der Waals surface area contributed by atoms with Crippen LogP contribution in [-0.4, -0.2) is 0 Å². The second-order valence-corrected chi connectivity index (χ2v) is 2.73. The topological polar surface area (TPSA) is 0 Å². The standard InChI is InChI=1S/C7H10/c1-2-6-4-7(3-1)5-6/h6-7H,1-4H2. The van der Waals surface area contributed by atoms with Crippen LogP contribution < -0.4 is 0 Å². The van der Waals surface area contributed by atoms with Gasteiger partial charge in [-0.3, -0.25) is 0 Å². The van der Waals surface area contributed by atoms with Crippen LogP contribution in [0.25, 0.3) is 0 Å². The fourth-order valence-electron chi connectivity index (χ4n) is 1.67. The van der Waals surface area contributed by atoms with E-state index < -0.39 is 0 Å². The average Bonchev–Trinajstić information content (AvgIpc) is 1.67. The van der Waals surface area contributed by atoms with Crippen molar-refractivity contribution < 1.29 is 0 Å². The van der Waals surface area contributed by atoms with Crippen molar-refractivity contribution in [3.8, 4) is 0 Å². The summed E-state index contributed by atoms with van der Waals surface area (Å²) >= 11 is 0. The summed E-state index contributed by atoms with van der Waals surface area (Å²) in [5, 5.41) is 0. The summed E-state index contributed by atoms with van der Waals surface area (Å²) in [5.74, 6) is 1.86. The molecule has 0 spiro atoms. The van der Waals surface area contributed by atoms with E-state index in [0.29, 0.717) is 0 Å². The smallest absolute Gasteiger partial charge is 0.0106 e. The van der Waals surface area contributed by atoms with Gasteiger partial charge < -0.3 is 0 Å². The lowest BCUT2D eigenvalue weighted by Gasteiger charge is -2.39. The maximum absolute atomic E-state index is 3.48. The van der Waals surface area contributed by atoms with Gasteiger partial charge in [-0.25, -0.2) is 0 Å². The molecule has 0 aromatic rings. The van der Waals surface area contributed by atoms with Crippen LogP contribution in [-0.2, 0) is 0 Å². The summed E-state index contributed by atoms with van der Waals surface area (Å²) in [6.07, 6.45) is 9.31. The molecule has 0 aromatic carbocycles. The van der Waals surface area contributed by atoms with E-state index in [2.05, 4.69) is 6.42 Å². The lowest BCUT2D eigenvalue weighted by Crippen LogP contribution is -2.29. The Morgan fingerprint density at radius 1 is 1.14 bits per heavy atom. The van der Waals surface area contributed by atoms with Gasteiger partial charge >= 0.3 is 0 Å². The fraction of sp³-hybridized carbons (Fsp3) is 0.857. The SMILES string of the molecule is [C]1C2CCCC1C2. The molecular weight excluding hydrogens is 84.1 g/mol. The first kappa shape index (κ1) is 3.94. The Hall–Kier alpha value is 0. The second-order valence-electron chi connectivity index (χ2n) is 2.73. The predicted octanol–water partition coefficient (Wildman–Crippen LogP) is 1.89. The molecule has 3 aliphatic rings. The van der Waals surface area contributed by atoms with Crippen molar-refractivity contribution in [1.29, 1.82) is 0 Å². The quantitative estimate of drug-likeness (QED) is 0.430. The third kappa shape index (κ3) is 0.490. The molecule has 0 N–H and O–H groups in total. The zero-order chi connectivity index (χ0) is 4.69. The van der Waals surface area contributed by atoms with Gasteiger partial charge in [-0.05, 0) is 37.5 Å². The molecule has 3 saturated carbocycles. The van der Waals surface area contributed by atoms with Crippen molar-refractivity contribution in [3.05, 3.63) is 6.42 Å². The normalized spacial score (nSPS) is 48.0. The first-order chi connectivity index (χ1) is 3.45. The van der Waals surface area contributed by atoms with Crippen molar-refractivity contribution in [1.82, 2.24) is 0 Å². The van der Waals surface area contributed by atoms with Gasteiger partial charge in [0.1, 0.15) is 0 Å². The molecule has 0 heteroatoms. The summed E-state index contributed by atoms with van der Waals surface area (Å²) < 4.78 is 0. The molecule has 0 heterocycles. The van der Waals surface area contributed by atoms with Gasteiger partial charge in [0.05, 0.1) is 0 Å². The van der Waals surface area contributed by atoms with Crippen LogP contribution in [0.3, 0.4) is 0 Å². The molecule has 2 bridgehead atoms. The number of rotatable bonds is 0. The van der Waals surface area contributed by atoms with Gasteiger partial charge in [0.15, 0.2) is 0 Å². The molecule has 7 heavy (non-hydrogen) atoms. The van der Waals surface area contributed by atoms with Gasteiger partial charge in [-0.2, -0.15) is 0 Å². The third-order valence-corrected chi connectivity index (χ3v) is 2.15.